The molecule has 3 fully saturated rings. The second-order valence-corrected chi connectivity index (χ2v) is 11.7. The molecular weight excluding hydrogens is 418 g/mol. The molecule has 1 aromatic rings. The summed E-state index contributed by atoms with van der Waals surface area (Å²) in [5, 5.41) is 3.06. The van der Waals surface area contributed by atoms with Crippen molar-refractivity contribution in [3.05, 3.63) is 24.0 Å². The van der Waals surface area contributed by atoms with E-state index in [0.717, 1.165) is 12.8 Å². The predicted molar refractivity (Wildman–Crippen MR) is 116 cm³/mol. The van der Waals surface area contributed by atoms with Crippen molar-refractivity contribution >= 4 is 22.3 Å². The van der Waals surface area contributed by atoms with Crippen LogP contribution in [-0.2, 0) is 25.2 Å². The van der Waals surface area contributed by atoms with Crippen molar-refractivity contribution < 1.29 is 22.7 Å². The summed E-state index contributed by atoms with van der Waals surface area (Å²) >= 11 is 0. The molecule has 0 spiro atoms. The van der Waals surface area contributed by atoms with E-state index in [1.54, 1.807) is 22.9 Å². The molecule has 172 valence electrons. The number of hydrogen-bond acceptors (Lipinski definition) is 6. The number of fused-ring (bicyclic) bond motifs is 2. The first-order valence-corrected chi connectivity index (χ1v) is 12.8. The topological polar surface area (TPSA) is 108 Å². The molecule has 1 N–H and O–H groups in total. The van der Waals surface area contributed by atoms with Crippen LogP contribution in [0.2, 0.25) is 0 Å². The maximum Gasteiger partial charge on any atom is 0.349 e. The summed E-state index contributed by atoms with van der Waals surface area (Å²) in [7, 11) is -3.49. The number of esters is 1. The smallest absolute Gasteiger partial charge is 0.349 e. The van der Waals surface area contributed by atoms with Gasteiger partial charge in [-0.1, -0.05) is 27.7 Å². The number of nitrogens with one attached hydrogen (secondary N) is 1. The minimum atomic E-state index is -3.49. The summed E-state index contributed by atoms with van der Waals surface area (Å²) in [5.74, 6) is -0.135. The molecule has 2 heterocycles. The lowest BCUT2D eigenvalue weighted by molar-refractivity contribution is -0.162. The van der Waals surface area contributed by atoms with E-state index in [4.69, 9.17) is 4.74 Å². The second kappa shape index (κ2) is 7.42. The lowest BCUT2D eigenvalue weighted by Gasteiger charge is -2.42. The van der Waals surface area contributed by atoms with Gasteiger partial charge in [-0.25, -0.2) is 17.5 Å². The zero-order valence-electron chi connectivity index (χ0n) is 18.8. The average Bonchev–Trinajstić information content (AvgIpc) is 3.26. The quantitative estimate of drug-likeness (QED) is 0.349. The van der Waals surface area contributed by atoms with Crippen LogP contribution < -0.4 is 5.32 Å². The van der Waals surface area contributed by atoms with Crippen LogP contribution in [0.1, 0.15) is 57.4 Å². The zero-order valence-corrected chi connectivity index (χ0v) is 19.6. The van der Waals surface area contributed by atoms with Gasteiger partial charge in [-0.3, -0.25) is 10.1 Å². The molecule has 1 saturated heterocycles. The van der Waals surface area contributed by atoms with Gasteiger partial charge < -0.3 is 9.30 Å². The van der Waals surface area contributed by atoms with Crippen LogP contribution in [0.25, 0.3) is 0 Å². The van der Waals surface area contributed by atoms with Gasteiger partial charge >= 0.3 is 5.97 Å². The molecule has 0 radical (unpaired) electrons. The fourth-order valence-corrected chi connectivity index (χ4v) is 8.42. The van der Waals surface area contributed by atoms with Gasteiger partial charge in [0.05, 0.1) is 11.4 Å². The zero-order chi connectivity index (χ0) is 22.7. The summed E-state index contributed by atoms with van der Waals surface area (Å²) in [4.78, 5) is 24.7. The standard InChI is InChI=1S/C22H33N3O5S/c1-5-24(6-2)31(28,29)15-21-10-9-16(20(21,3)4)12-18(21)30-19(27)22(14-23-22)25-11-7-8-17(25)13-26/h7-8,11,13,16,18,23H,5-6,9-10,12,14-15H2,1-4H3/t16-,18-,21-,22-/m1/s1. The van der Waals surface area contributed by atoms with Crippen LogP contribution in [0, 0.1) is 16.7 Å². The van der Waals surface area contributed by atoms with Gasteiger partial charge in [-0.15, -0.1) is 0 Å². The van der Waals surface area contributed by atoms with E-state index in [9.17, 15) is 18.0 Å². The molecule has 2 bridgehead atoms. The number of ether oxygens (including phenoxy) is 1. The van der Waals surface area contributed by atoms with Gasteiger partial charge in [0.2, 0.25) is 15.7 Å². The molecule has 4 atom stereocenters. The predicted octanol–water partition coefficient (Wildman–Crippen LogP) is 1.97. The number of sulfonamides is 1. The minimum Gasteiger partial charge on any atom is -0.459 e. The lowest BCUT2D eigenvalue weighted by Crippen LogP contribution is -2.50. The van der Waals surface area contributed by atoms with Crippen molar-refractivity contribution in [2.24, 2.45) is 16.7 Å². The number of aldehydes is 1. The first-order chi connectivity index (χ1) is 14.6. The molecule has 0 unspecified atom stereocenters. The molecule has 31 heavy (non-hydrogen) atoms. The van der Waals surface area contributed by atoms with Crippen molar-refractivity contribution in [2.45, 2.75) is 58.7 Å². The Bertz CT molecular complexity index is 977. The third kappa shape index (κ3) is 3.19. The van der Waals surface area contributed by atoms with E-state index in [1.807, 2.05) is 13.8 Å². The normalized spacial score (nSPS) is 33.6. The fourth-order valence-electron chi connectivity index (χ4n) is 6.10. The monoisotopic (exact) mass is 451 g/mol. The Hall–Kier alpha value is -1.71. The van der Waals surface area contributed by atoms with Crippen molar-refractivity contribution in [1.29, 1.82) is 0 Å². The highest BCUT2D eigenvalue weighted by Gasteiger charge is 2.68. The second-order valence-electron chi connectivity index (χ2n) is 9.72. The Morgan fingerprint density at radius 3 is 2.58 bits per heavy atom. The summed E-state index contributed by atoms with van der Waals surface area (Å²) in [6, 6.07) is 3.37. The molecule has 1 aliphatic heterocycles. The number of aromatic nitrogens is 1. The van der Waals surface area contributed by atoms with Gasteiger partial charge in [0.15, 0.2) is 6.29 Å². The van der Waals surface area contributed by atoms with Crippen molar-refractivity contribution in [2.75, 3.05) is 25.4 Å². The molecule has 0 aromatic carbocycles. The van der Waals surface area contributed by atoms with Crippen molar-refractivity contribution in [3.63, 3.8) is 0 Å². The van der Waals surface area contributed by atoms with Crippen LogP contribution in [0.3, 0.4) is 0 Å². The molecule has 0 amide bonds. The molecule has 1 aromatic heterocycles. The Labute approximate surface area is 184 Å². The molecular formula is C22H33N3O5S. The Morgan fingerprint density at radius 1 is 1.35 bits per heavy atom. The van der Waals surface area contributed by atoms with E-state index in [-0.39, 0.29) is 11.2 Å². The van der Waals surface area contributed by atoms with Gasteiger partial charge in [0.25, 0.3) is 0 Å². The summed E-state index contributed by atoms with van der Waals surface area (Å²) in [5.41, 5.74) is -1.54. The SMILES string of the molecule is CCN(CC)S(=O)(=O)C[C@]12CC[C@H](C[C@H]1OC(=O)[C@]1(n3cccc3C=O)CN1)C2(C)C. The maximum absolute atomic E-state index is 13.3. The Balaban J connectivity index is 1.63. The highest BCUT2D eigenvalue weighted by Crippen LogP contribution is 2.67. The molecule has 8 nitrogen and oxygen atoms in total. The summed E-state index contributed by atoms with van der Waals surface area (Å²) < 4.78 is 35.7. The number of carbonyl (C=O) groups is 2. The Morgan fingerprint density at radius 2 is 2.03 bits per heavy atom. The van der Waals surface area contributed by atoms with Crippen LogP contribution in [0.5, 0.6) is 0 Å². The molecule has 9 heteroatoms. The van der Waals surface area contributed by atoms with E-state index in [1.165, 1.54) is 4.31 Å². The van der Waals surface area contributed by atoms with Gasteiger partial charge in [-0.2, -0.15) is 0 Å². The van der Waals surface area contributed by atoms with E-state index < -0.39 is 33.2 Å². The van der Waals surface area contributed by atoms with Crippen molar-refractivity contribution in [1.82, 2.24) is 14.2 Å². The van der Waals surface area contributed by atoms with Crippen LogP contribution in [0.15, 0.2) is 18.3 Å². The average molecular weight is 452 g/mol. The molecule has 2 aliphatic carbocycles. The van der Waals surface area contributed by atoms with Crippen molar-refractivity contribution in [3.8, 4) is 0 Å². The van der Waals surface area contributed by atoms with E-state index >= 15 is 0 Å². The van der Waals surface area contributed by atoms with Gasteiger partial charge in [-0.05, 0) is 42.7 Å². The minimum absolute atomic E-state index is 0.00728. The molecule has 4 rings (SSSR count). The molecule has 2 saturated carbocycles. The number of carbonyl (C=O) groups excluding carboxylic acids is 2. The van der Waals surface area contributed by atoms with E-state index in [2.05, 4.69) is 19.2 Å². The largest absolute Gasteiger partial charge is 0.459 e. The Kier molecular flexibility index (Phi) is 5.38. The third-order valence-electron chi connectivity index (χ3n) is 8.31. The first-order valence-electron chi connectivity index (χ1n) is 11.1. The number of nitrogens with zero attached hydrogens (tertiary/aromatic N) is 2. The summed E-state index contributed by atoms with van der Waals surface area (Å²) in [6.07, 6.45) is 4.30. The lowest BCUT2D eigenvalue weighted by atomic mass is 9.69. The van der Waals surface area contributed by atoms with Gasteiger partial charge in [0, 0.05) is 31.2 Å². The summed E-state index contributed by atoms with van der Waals surface area (Å²) in [6.45, 7) is 9.17. The fraction of sp³-hybridized carbons (Fsp3) is 0.727. The van der Waals surface area contributed by atoms with E-state index in [0.29, 0.717) is 44.0 Å². The molecule has 3 aliphatic rings. The first kappa shape index (κ1) is 22.5. The third-order valence-corrected chi connectivity index (χ3v) is 10.5. The van der Waals surface area contributed by atoms with Crippen LogP contribution in [0.4, 0.5) is 0 Å². The highest BCUT2D eigenvalue weighted by molar-refractivity contribution is 7.89. The highest BCUT2D eigenvalue weighted by atomic mass is 32.2. The maximum atomic E-state index is 13.3. The van der Waals surface area contributed by atoms with Crippen LogP contribution in [-0.4, -0.2) is 61.0 Å². The number of hydrogen-bond donors (Lipinski definition) is 1. The van der Waals surface area contributed by atoms with Gasteiger partial charge in [0.1, 0.15) is 6.10 Å². The number of rotatable bonds is 9. The van der Waals surface area contributed by atoms with Crippen LogP contribution >= 0.6 is 0 Å².